The Balaban J connectivity index is 2.01. The summed E-state index contributed by atoms with van der Waals surface area (Å²) in [5.41, 5.74) is 0.690. The molecule has 0 saturated heterocycles. The van der Waals surface area contributed by atoms with E-state index in [2.05, 4.69) is 10.6 Å². The van der Waals surface area contributed by atoms with E-state index >= 15 is 0 Å². The maximum Gasteiger partial charge on any atom is 0.323 e. The van der Waals surface area contributed by atoms with Crippen LogP contribution in [0.5, 0.6) is 0 Å². The Bertz CT molecular complexity index is 602. The van der Waals surface area contributed by atoms with Crippen LogP contribution in [0.2, 0.25) is 5.02 Å². The van der Waals surface area contributed by atoms with Gasteiger partial charge in [-0.3, -0.25) is 0 Å². The maximum absolute atomic E-state index is 12.9. The van der Waals surface area contributed by atoms with Gasteiger partial charge in [0.15, 0.2) is 11.6 Å². The number of carbonyl (C=O) groups excluding carboxylic acids is 1. The van der Waals surface area contributed by atoms with E-state index in [0.29, 0.717) is 10.7 Å². The van der Waals surface area contributed by atoms with Crippen LogP contribution in [0, 0.1) is 11.6 Å². The first kappa shape index (κ1) is 13.3. The smallest absolute Gasteiger partial charge is 0.308 e. The molecule has 6 heteroatoms. The van der Waals surface area contributed by atoms with Gasteiger partial charge in [-0.25, -0.2) is 13.6 Å². The highest BCUT2D eigenvalue weighted by Crippen LogP contribution is 2.15. The fraction of sp³-hybridized carbons (Fsp3) is 0. The van der Waals surface area contributed by atoms with E-state index in [1.54, 1.807) is 24.3 Å². The molecule has 0 saturated carbocycles. The van der Waals surface area contributed by atoms with Gasteiger partial charge in [-0.05, 0) is 36.4 Å². The molecule has 0 aromatic heterocycles. The van der Waals surface area contributed by atoms with Crippen LogP contribution in [0.4, 0.5) is 25.0 Å². The lowest BCUT2D eigenvalue weighted by atomic mass is 10.3. The minimum atomic E-state index is -1.02. The molecule has 0 atom stereocenters. The summed E-state index contributed by atoms with van der Waals surface area (Å²) in [6.45, 7) is 0. The van der Waals surface area contributed by atoms with Gasteiger partial charge in [-0.1, -0.05) is 11.6 Å². The average molecular weight is 283 g/mol. The lowest BCUT2D eigenvalue weighted by Crippen LogP contribution is -2.19. The average Bonchev–Trinajstić information content (AvgIpc) is 2.37. The third-order valence-electron chi connectivity index (χ3n) is 2.28. The molecular weight excluding hydrogens is 274 g/mol. The molecule has 2 aromatic carbocycles. The Morgan fingerprint density at radius 1 is 0.895 bits per heavy atom. The minimum absolute atomic E-state index is 0.158. The number of urea groups is 1. The molecule has 0 spiro atoms. The van der Waals surface area contributed by atoms with Crippen molar-refractivity contribution in [2.45, 2.75) is 0 Å². The number of nitrogens with one attached hydrogen (secondary N) is 2. The predicted molar refractivity (Wildman–Crippen MR) is 70.5 cm³/mol. The molecule has 0 aliphatic rings. The molecule has 98 valence electrons. The van der Waals surface area contributed by atoms with Gasteiger partial charge in [0.1, 0.15) is 0 Å². The number of halogens is 3. The first-order chi connectivity index (χ1) is 9.04. The largest absolute Gasteiger partial charge is 0.323 e. The van der Waals surface area contributed by atoms with E-state index in [0.717, 1.165) is 12.1 Å². The highest BCUT2D eigenvalue weighted by Gasteiger charge is 2.06. The van der Waals surface area contributed by atoms with Gasteiger partial charge in [0.25, 0.3) is 0 Å². The second kappa shape index (κ2) is 5.67. The van der Waals surface area contributed by atoms with Crippen LogP contribution in [-0.2, 0) is 0 Å². The van der Waals surface area contributed by atoms with E-state index in [-0.39, 0.29) is 5.69 Å². The van der Waals surface area contributed by atoms with Gasteiger partial charge in [-0.2, -0.15) is 0 Å². The Morgan fingerprint density at radius 3 is 2.11 bits per heavy atom. The van der Waals surface area contributed by atoms with E-state index in [1.165, 1.54) is 6.07 Å². The predicted octanol–water partition coefficient (Wildman–Crippen LogP) is 4.26. The second-order valence-corrected chi connectivity index (χ2v) is 4.15. The van der Waals surface area contributed by atoms with Crippen LogP contribution < -0.4 is 10.6 Å². The van der Waals surface area contributed by atoms with Crippen LogP contribution in [-0.4, -0.2) is 6.03 Å². The number of hydrogen-bond acceptors (Lipinski definition) is 1. The summed E-state index contributed by atoms with van der Waals surface area (Å²) >= 11 is 5.70. The molecule has 0 radical (unpaired) electrons. The van der Waals surface area contributed by atoms with Gasteiger partial charge in [0.05, 0.1) is 0 Å². The lowest BCUT2D eigenvalue weighted by molar-refractivity contribution is 0.262. The molecule has 0 aliphatic carbocycles. The molecule has 0 aliphatic heterocycles. The number of rotatable bonds is 2. The standard InChI is InChI=1S/C13H9ClF2N2O/c14-8-1-3-9(4-2-8)17-13(19)18-10-5-6-11(15)12(16)7-10/h1-7H,(H2,17,18,19). The zero-order valence-corrected chi connectivity index (χ0v) is 10.3. The highest BCUT2D eigenvalue weighted by molar-refractivity contribution is 6.30. The molecule has 0 fully saturated rings. The molecule has 2 aromatic rings. The van der Waals surface area contributed by atoms with Crippen molar-refractivity contribution < 1.29 is 13.6 Å². The van der Waals surface area contributed by atoms with Crippen molar-refractivity contribution in [2.24, 2.45) is 0 Å². The highest BCUT2D eigenvalue weighted by atomic mass is 35.5. The molecule has 0 heterocycles. The Labute approximate surface area is 113 Å². The Morgan fingerprint density at radius 2 is 1.47 bits per heavy atom. The molecule has 0 unspecified atom stereocenters. The third-order valence-corrected chi connectivity index (χ3v) is 2.53. The van der Waals surface area contributed by atoms with Crippen molar-refractivity contribution in [3.8, 4) is 0 Å². The van der Waals surface area contributed by atoms with E-state index in [4.69, 9.17) is 11.6 Å². The van der Waals surface area contributed by atoms with E-state index in [9.17, 15) is 13.6 Å². The van der Waals surface area contributed by atoms with Crippen LogP contribution >= 0.6 is 11.6 Å². The molecule has 2 amide bonds. The van der Waals surface area contributed by atoms with Crippen molar-refractivity contribution in [1.82, 2.24) is 0 Å². The first-order valence-electron chi connectivity index (χ1n) is 5.33. The van der Waals surface area contributed by atoms with Crippen molar-refractivity contribution >= 4 is 29.0 Å². The lowest BCUT2D eigenvalue weighted by Gasteiger charge is -2.07. The summed E-state index contributed by atoms with van der Waals surface area (Å²) in [4.78, 5) is 11.6. The van der Waals surface area contributed by atoms with Crippen molar-refractivity contribution in [3.05, 3.63) is 59.1 Å². The summed E-state index contributed by atoms with van der Waals surface area (Å²) in [7, 11) is 0. The summed E-state index contributed by atoms with van der Waals surface area (Å²) < 4.78 is 25.6. The van der Waals surface area contributed by atoms with Crippen molar-refractivity contribution in [1.29, 1.82) is 0 Å². The van der Waals surface area contributed by atoms with Crippen LogP contribution in [0.15, 0.2) is 42.5 Å². The second-order valence-electron chi connectivity index (χ2n) is 3.71. The van der Waals surface area contributed by atoms with Crippen LogP contribution in [0.3, 0.4) is 0 Å². The van der Waals surface area contributed by atoms with E-state index in [1.807, 2.05) is 0 Å². The zero-order valence-electron chi connectivity index (χ0n) is 9.58. The molecule has 2 rings (SSSR count). The monoisotopic (exact) mass is 282 g/mol. The zero-order chi connectivity index (χ0) is 13.8. The third kappa shape index (κ3) is 3.66. The van der Waals surface area contributed by atoms with Gasteiger partial charge < -0.3 is 10.6 Å². The Kier molecular flexibility index (Phi) is 3.97. The van der Waals surface area contributed by atoms with Gasteiger partial charge in [0, 0.05) is 22.5 Å². The SMILES string of the molecule is O=C(Nc1ccc(Cl)cc1)Nc1ccc(F)c(F)c1. The van der Waals surface area contributed by atoms with Gasteiger partial charge in [-0.15, -0.1) is 0 Å². The first-order valence-corrected chi connectivity index (χ1v) is 5.71. The fourth-order valence-corrected chi connectivity index (χ4v) is 1.53. The normalized spacial score (nSPS) is 10.1. The molecular formula is C13H9ClF2N2O. The van der Waals surface area contributed by atoms with Crippen LogP contribution in [0.25, 0.3) is 0 Å². The summed E-state index contributed by atoms with van der Waals surface area (Å²) in [6, 6.07) is 9.02. The number of carbonyl (C=O) groups is 1. The van der Waals surface area contributed by atoms with Crippen molar-refractivity contribution in [3.63, 3.8) is 0 Å². The van der Waals surface area contributed by atoms with E-state index < -0.39 is 17.7 Å². The molecule has 19 heavy (non-hydrogen) atoms. The molecule has 3 nitrogen and oxygen atoms in total. The molecule has 0 bridgehead atoms. The van der Waals surface area contributed by atoms with Crippen molar-refractivity contribution in [2.75, 3.05) is 10.6 Å². The molecule has 2 N–H and O–H groups in total. The van der Waals surface area contributed by atoms with Gasteiger partial charge in [0.2, 0.25) is 0 Å². The van der Waals surface area contributed by atoms with Crippen LogP contribution in [0.1, 0.15) is 0 Å². The maximum atomic E-state index is 12.9. The number of hydrogen-bond donors (Lipinski definition) is 2. The number of benzene rings is 2. The minimum Gasteiger partial charge on any atom is -0.308 e. The summed E-state index contributed by atoms with van der Waals surface area (Å²) in [6.07, 6.45) is 0. The Hall–Kier alpha value is -2.14. The summed E-state index contributed by atoms with van der Waals surface area (Å²) in [5.74, 6) is -1.99. The summed E-state index contributed by atoms with van der Waals surface area (Å²) in [5, 5.41) is 5.46. The quantitative estimate of drug-likeness (QED) is 0.849. The topological polar surface area (TPSA) is 41.1 Å². The van der Waals surface area contributed by atoms with Gasteiger partial charge >= 0.3 is 6.03 Å². The number of amides is 2. The fourth-order valence-electron chi connectivity index (χ4n) is 1.40. The number of anilines is 2.